The molecule has 76 valence electrons. The molecule has 1 aromatic carbocycles. The third-order valence-electron chi connectivity index (χ3n) is 2.93. The van der Waals surface area contributed by atoms with Crippen LogP contribution in [-0.2, 0) is 6.54 Å². The zero-order valence-electron chi connectivity index (χ0n) is 8.57. The molecule has 1 aliphatic heterocycles. The van der Waals surface area contributed by atoms with Gasteiger partial charge in [-0.1, -0.05) is 18.2 Å². The number of hydrogen-bond donors (Lipinski definition) is 0. The normalized spacial score (nSPS) is 11.5. The summed E-state index contributed by atoms with van der Waals surface area (Å²) in [6.07, 6.45) is 0. The minimum Gasteiger partial charge on any atom is -1.00 e. The van der Waals surface area contributed by atoms with Crippen LogP contribution in [0.1, 0.15) is 11.3 Å². The monoisotopic (exact) mass is 261 g/mol. The summed E-state index contributed by atoms with van der Waals surface area (Å²) in [4.78, 5) is 0. The lowest BCUT2D eigenvalue weighted by Crippen LogP contribution is -3.00. The third-order valence-corrected chi connectivity index (χ3v) is 2.93. The Hall–Kier alpha value is -1.15. The molecule has 0 aliphatic carbocycles. The lowest BCUT2D eigenvalue weighted by Gasteiger charge is -1.95. The number of fused-ring (bicyclic) bond motifs is 3. The van der Waals surface area contributed by atoms with Gasteiger partial charge in [0.25, 0.3) is 0 Å². The van der Waals surface area contributed by atoms with E-state index in [1.807, 2.05) is 0 Å². The van der Waals surface area contributed by atoms with Gasteiger partial charge in [-0.2, -0.15) is 4.57 Å². The second-order valence-corrected chi connectivity index (χ2v) is 3.80. The van der Waals surface area contributed by atoms with Crippen molar-refractivity contribution in [3.63, 3.8) is 0 Å². The number of aryl methyl sites for hydroxylation is 1. The summed E-state index contributed by atoms with van der Waals surface area (Å²) in [5.41, 5.74) is 5.50. The average Bonchev–Trinajstić information content (AvgIpc) is 2.59. The van der Waals surface area contributed by atoms with Gasteiger partial charge in [0.2, 0.25) is 5.69 Å². The third kappa shape index (κ3) is 1.49. The fraction of sp³-hybridized carbons (Fsp3) is 0.154. The molecule has 0 unspecified atom stereocenters. The first-order chi connectivity index (χ1) is 6.86. The number of benzene rings is 1. The summed E-state index contributed by atoms with van der Waals surface area (Å²) in [5, 5.41) is 0. The van der Waals surface area contributed by atoms with Crippen molar-refractivity contribution in [3.8, 4) is 11.3 Å². The SMILES string of the molecule is Cc1cccc2[n+]1Cc1ccccc1-2.[Br-]. The molecule has 0 atom stereocenters. The molecule has 0 saturated carbocycles. The highest BCUT2D eigenvalue weighted by Gasteiger charge is 2.26. The van der Waals surface area contributed by atoms with Crippen molar-refractivity contribution in [2.24, 2.45) is 0 Å². The minimum atomic E-state index is 0. The van der Waals surface area contributed by atoms with Crippen molar-refractivity contribution in [2.75, 3.05) is 0 Å². The average molecular weight is 262 g/mol. The van der Waals surface area contributed by atoms with E-state index in [1.54, 1.807) is 0 Å². The predicted molar refractivity (Wildman–Crippen MR) is 55.9 cm³/mol. The first kappa shape index (κ1) is 10.4. The zero-order chi connectivity index (χ0) is 9.54. The van der Waals surface area contributed by atoms with Crippen LogP contribution in [0.4, 0.5) is 0 Å². The molecule has 0 bridgehead atoms. The Morgan fingerprint density at radius 2 is 1.80 bits per heavy atom. The summed E-state index contributed by atoms with van der Waals surface area (Å²) >= 11 is 0. The van der Waals surface area contributed by atoms with E-state index in [2.05, 4.69) is 54.0 Å². The molecule has 0 amide bonds. The van der Waals surface area contributed by atoms with Gasteiger partial charge in [0.05, 0.1) is 5.56 Å². The maximum absolute atomic E-state index is 2.37. The van der Waals surface area contributed by atoms with Crippen LogP contribution < -0.4 is 21.5 Å². The minimum absolute atomic E-state index is 0. The first-order valence-corrected chi connectivity index (χ1v) is 4.94. The van der Waals surface area contributed by atoms with Crippen LogP contribution in [0.15, 0.2) is 42.5 Å². The van der Waals surface area contributed by atoms with Gasteiger partial charge in [0.1, 0.15) is 0 Å². The Labute approximate surface area is 100 Å². The highest BCUT2D eigenvalue weighted by atomic mass is 79.9. The summed E-state index contributed by atoms with van der Waals surface area (Å²) < 4.78 is 2.37. The Morgan fingerprint density at radius 1 is 1.00 bits per heavy atom. The Morgan fingerprint density at radius 3 is 2.67 bits per heavy atom. The molecular weight excluding hydrogens is 250 g/mol. The highest BCUT2D eigenvalue weighted by Crippen LogP contribution is 2.25. The molecule has 0 saturated heterocycles. The first-order valence-electron chi connectivity index (χ1n) is 4.94. The number of hydrogen-bond acceptors (Lipinski definition) is 0. The molecule has 2 aromatic rings. The number of halogens is 1. The van der Waals surface area contributed by atoms with E-state index in [4.69, 9.17) is 0 Å². The van der Waals surface area contributed by atoms with Crippen LogP contribution >= 0.6 is 0 Å². The lowest BCUT2D eigenvalue weighted by atomic mass is 10.1. The fourth-order valence-electron chi connectivity index (χ4n) is 2.17. The quantitative estimate of drug-likeness (QED) is 0.472. The second-order valence-electron chi connectivity index (χ2n) is 3.80. The zero-order valence-corrected chi connectivity index (χ0v) is 10.2. The van der Waals surface area contributed by atoms with E-state index in [0.717, 1.165) is 6.54 Å². The van der Waals surface area contributed by atoms with Crippen LogP contribution in [0.5, 0.6) is 0 Å². The van der Waals surface area contributed by atoms with Gasteiger partial charge in [-0.05, 0) is 12.1 Å². The smallest absolute Gasteiger partial charge is 0.213 e. The highest BCUT2D eigenvalue weighted by molar-refractivity contribution is 5.62. The maximum atomic E-state index is 2.37. The van der Waals surface area contributed by atoms with Crippen LogP contribution in [0.25, 0.3) is 11.3 Å². The van der Waals surface area contributed by atoms with Crippen molar-refractivity contribution in [3.05, 3.63) is 53.7 Å². The fourth-order valence-corrected chi connectivity index (χ4v) is 2.17. The number of nitrogens with zero attached hydrogens (tertiary/aromatic N) is 1. The van der Waals surface area contributed by atoms with Crippen molar-refractivity contribution in [2.45, 2.75) is 13.5 Å². The number of pyridine rings is 1. The molecule has 1 aliphatic rings. The lowest BCUT2D eigenvalue weighted by molar-refractivity contribution is -0.678. The molecule has 2 heterocycles. The summed E-state index contributed by atoms with van der Waals surface area (Å²) in [6, 6.07) is 15.1. The van der Waals surface area contributed by atoms with Gasteiger partial charge in [-0.15, -0.1) is 0 Å². The van der Waals surface area contributed by atoms with Crippen molar-refractivity contribution >= 4 is 0 Å². The van der Waals surface area contributed by atoms with E-state index < -0.39 is 0 Å². The second kappa shape index (κ2) is 3.78. The van der Waals surface area contributed by atoms with Gasteiger partial charge < -0.3 is 17.0 Å². The van der Waals surface area contributed by atoms with Gasteiger partial charge in [0.15, 0.2) is 12.2 Å². The van der Waals surface area contributed by atoms with Crippen LogP contribution in [-0.4, -0.2) is 0 Å². The topological polar surface area (TPSA) is 3.88 Å². The van der Waals surface area contributed by atoms with E-state index in [0.29, 0.717) is 0 Å². The molecule has 15 heavy (non-hydrogen) atoms. The van der Waals surface area contributed by atoms with E-state index in [-0.39, 0.29) is 17.0 Å². The van der Waals surface area contributed by atoms with E-state index in [1.165, 1.54) is 22.5 Å². The van der Waals surface area contributed by atoms with Crippen molar-refractivity contribution in [1.29, 1.82) is 0 Å². The molecule has 3 rings (SSSR count). The Kier molecular flexibility index (Phi) is 2.61. The van der Waals surface area contributed by atoms with E-state index >= 15 is 0 Å². The van der Waals surface area contributed by atoms with Gasteiger partial charge >= 0.3 is 0 Å². The predicted octanol–water partition coefficient (Wildman–Crippen LogP) is -0.685. The van der Waals surface area contributed by atoms with Crippen LogP contribution in [0.2, 0.25) is 0 Å². The molecular formula is C13H12BrN. The molecule has 0 radical (unpaired) electrons. The number of rotatable bonds is 0. The standard InChI is InChI=1S/C13H12N.BrH/c1-10-5-4-8-13-12-7-3-2-6-11(12)9-14(10)13;/h2-8H,9H2,1H3;1H/q+1;/p-1. The largest absolute Gasteiger partial charge is 1.00 e. The number of aromatic nitrogens is 1. The van der Waals surface area contributed by atoms with Gasteiger partial charge in [-0.3, -0.25) is 0 Å². The molecule has 0 N–H and O–H groups in total. The Bertz CT molecular complexity index is 506. The van der Waals surface area contributed by atoms with Crippen molar-refractivity contribution < 1.29 is 21.5 Å². The van der Waals surface area contributed by atoms with Crippen molar-refractivity contribution in [1.82, 2.24) is 0 Å². The van der Waals surface area contributed by atoms with Gasteiger partial charge in [0, 0.05) is 24.6 Å². The molecule has 1 aromatic heterocycles. The summed E-state index contributed by atoms with van der Waals surface area (Å²) in [7, 11) is 0. The van der Waals surface area contributed by atoms with Crippen LogP contribution in [0, 0.1) is 6.92 Å². The molecule has 1 nitrogen and oxygen atoms in total. The van der Waals surface area contributed by atoms with E-state index in [9.17, 15) is 0 Å². The molecule has 2 heteroatoms. The molecule has 0 spiro atoms. The summed E-state index contributed by atoms with van der Waals surface area (Å²) in [5.74, 6) is 0. The summed E-state index contributed by atoms with van der Waals surface area (Å²) in [6.45, 7) is 3.19. The Balaban J connectivity index is 0.000000853. The van der Waals surface area contributed by atoms with Crippen LogP contribution in [0.3, 0.4) is 0 Å². The molecule has 0 fully saturated rings. The maximum Gasteiger partial charge on any atom is 0.213 e. The van der Waals surface area contributed by atoms with Gasteiger partial charge in [-0.25, -0.2) is 0 Å².